The van der Waals surface area contributed by atoms with Crippen molar-refractivity contribution in [3.63, 3.8) is 0 Å². The molecule has 3 amide bonds. The first-order chi connectivity index (χ1) is 8.90. The molecule has 1 fully saturated rings. The minimum atomic E-state index is -1.31. The molecule has 6 nitrogen and oxygen atoms in total. The molecule has 104 valence electrons. The molecule has 0 aromatic carbocycles. The summed E-state index contributed by atoms with van der Waals surface area (Å²) in [6, 6.07) is 0.204. The van der Waals surface area contributed by atoms with Gasteiger partial charge < -0.3 is 16.4 Å². The van der Waals surface area contributed by atoms with Crippen LogP contribution in [0.25, 0.3) is 0 Å². The molecule has 2 aliphatic rings. The zero-order valence-corrected chi connectivity index (χ0v) is 11.2. The van der Waals surface area contributed by atoms with E-state index in [2.05, 4.69) is 17.6 Å². The molecule has 0 bridgehead atoms. The Bertz CT molecular complexity index is 472. The summed E-state index contributed by atoms with van der Waals surface area (Å²) in [5.41, 5.74) is 4.44. The van der Waals surface area contributed by atoms with Gasteiger partial charge in [-0.25, -0.2) is 0 Å². The summed E-state index contributed by atoms with van der Waals surface area (Å²) >= 11 is 0. The van der Waals surface area contributed by atoms with E-state index in [1.54, 1.807) is 6.92 Å². The lowest BCUT2D eigenvalue weighted by Crippen LogP contribution is -2.52. The zero-order chi connectivity index (χ0) is 14.2. The van der Waals surface area contributed by atoms with E-state index in [4.69, 9.17) is 5.73 Å². The molecular formula is C13H19N3O3. The maximum atomic E-state index is 12.0. The molecule has 1 unspecified atom stereocenters. The maximum Gasteiger partial charge on any atom is 0.248 e. The first kappa shape index (κ1) is 13.6. The van der Waals surface area contributed by atoms with Gasteiger partial charge in [-0.2, -0.15) is 0 Å². The van der Waals surface area contributed by atoms with E-state index in [1.165, 1.54) is 6.20 Å². The fourth-order valence-electron chi connectivity index (χ4n) is 2.34. The van der Waals surface area contributed by atoms with Gasteiger partial charge in [0.05, 0.1) is 0 Å². The lowest BCUT2D eigenvalue weighted by molar-refractivity contribution is -0.142. The summed E-state index contributed by atoms with van der Waals surface area (Å²) in [5.74, 6) is -0.854. The molecular weight excluding hydrogens is 246 g/mol. The van der Waals surface area contributed by atoms with Gasteiger partial charge in [-0.15, -0.1) is 0 Å². The minimum Gasteiger partial charge on any atom is -0.369 e. The quantitative estimate of drug-likeness (QED) is 0.613. The van der Waals surface area contributed by atoms with E-state index in [-0.39, 0.29) is 24.8 Å². The van der Waals surface area contributed by atoms with E-state index in [9.17, 15) is 14.4 Å². The zero-order valence-electron chi connectivity index (χ0n) is 11.2. The number of nitrogens with one attached hydrogen (secondary N) is 2. The first-order valence-electron chi connectivity index (χ1n) is 6.51. The number of primary amides is 1. The van der Waals surface area contributed by atoms with Gasteiger partial charge in [-0.3, -0.25) is 14.4 Å². The van der Waals surface area contributed by atoms with Gasteiger partial charge in [0.15, 0.2) is 0 Å². The third kappa shape index (κ3) is 2.34. The van der Waals surface area contributed by atoms with Gasteiger partial charge in [0, 0.05) is 24.2 Å². The van der Waals surface area contributed by atoms with Crippen molar-refractivity contribution in [2.24, 2.45) is 17.1 Å². The summed E-state index contributed by atoms with van der Waals surface area (Å²) in [4.78, 5) is 35.5. The molecule has 3 atom stereocenters. The highest BCUT2D eigenvalue weighted by atomic mass is 16.2. The number of amides is 3. The predicted molar refractivity (Wildman–Crippen MR) is 68.5 cm³/mol. The second-order valence-electron chi connectivity index (χ2n) is 5.41. The van der Waals surface area contributed by atoms with Crippen LogP contribution in [-0.2, 0) is 14.4 Å². The van der Waals surface area contributed by atoms with Crippen molar-refractivity contribution in [3.05, 3.63) is 11.8 Å². The summed E-state index contributed by atoms with van der Waals surface area (Å²) in [6.07, 6.45) is 2.69. The molecule has 1 saturated carbocycles. The van der Waals surface area contributed by atoms with Crippen molar-refractivity contribution in [2.45, 2.75) is 39.2 Å². The number of carbonyl (C=O) groups is 3. The Balaban J connectivity index is 2.13. The molecule has 1 aliphatic carbocycles. The molecule has 0 saturated heterocycles. The van der Waals surface area contributed by atoms with E-state index < -0.39 is 17.2 Å². The van der Waals surface area contributed by atoms with Crippen LogP contribution in [0.15, 0.2) is 11.8 Å². The lowest BCUT2D eigenvalue weighted by Gasteiger charge is -2.31. The highest BCUT2D eigenvalue weighted by molar-refractivity contribution is 6.08. The van der Waals surface area contributed by atoms with E-state index >= 15 is 0 Å². The molecule has 0 aromatic heterocycles. The van der Waals surface area contributed by atoms with Crippen molar-refractivity contribution in [1.29, 1.82) is 0 Å². The number of hydrogen-bond acceptors (Lipinski definition) is 3. The summed E-state index contributed by atoms with van der Waals surface area (Å²) in [7, 11) is 0. The van der Waals surface area contributed by atoms with Crippen LogP contribution in [0.5, 0.6) is 0 Å². The molecule has 1 aliphatic heterocycles. The second kappa shape index (κ2) is 4.68. The molecule has 0 aromatic rings. The van der Waals surface area contributed by atoms with Crippen LogP contribution >= 0.6 is 0 Å². The van der Waals surface area contributed by atoms with Crippen molar-refractivity contribution in [2.75, 3.05) is 0 Å². The standard InChI is InChI=1S/C13H19N3O3/c1-3-13(11(14)18)5-8(6-15-12(13)19)10(17)16-9-4-7(9)2/h6-7,9H,3-5H2,1-2H3,(H2,14,18)(H,15,19)(H,16,17)/t7-,9-,13?/m1/s1. The van der Waals surface area contributed by atoms with Crippen LogP contribution in [0.4, 0.5) is 0 Å². The maximum absolute atomic E-state index is 12.0. The van der Waals surface area contributed by atoms with Gasteiger partial charge >= 0.3 is 0 Å². The van der Waals surface area contributed by atoms with Crippen LogP contribution in [0.3, 0.4) is 0 Å². The molecule has 19 heavy (non-hydrogen) atoms. The summed E-state index contributed by atoms with van der Waals surface area (Å²) in [6.45, 7) is 3.77. The van der Waals surface area contributed by atoms with E-state index in [0.29, 0.717) is 11.5 Å². The Kier molecular flexibility index (Phi) is 3.34. The van der Waals surface area contributed by atoms with Crippen LogP contribution in [0.1, 0.15) is 33.1 Å². The van der Waals surface area contributed by atoms with Gasteiger partial charge in [0.2, 0.25) is 17.7 Å². The third-order valence-electron chi connectivity index (χ3n) is 4.10. The Morgan fingerprint density at radius 3 is 2.68 bits per heavy atom. The Hall–Kier alpha value is -1.85. The molecule has 6 heteroatoms. The van der Waals surface area contributed by atoms with Crippen LogP contribution in [0.2, 0.25) is 0 Å². The van der Waals surface area contributed by atoms with Crippen molar-refractivity contribution in [3.8, 4) is 0 Å². The predicted octanol–water partition coefficient (Wildman–Crippen LogP) is -0.203. The minimum absolute atomic E-state index is 0.0671. The third-order valence-corrected chi connectivity index (χ3v) is 4.10. The van der Waals surface area contributed by atoms with Gasteiger partial charge in [-0.1, -0.05) is 13.8 Å². The highest BCUT2D eigenvalue weighted by Crippen LogP contribution is 2.34. The van der Waals surface area contributed by atoms with Crippen molar-refractivity contribution in [1.82, 2.24) is 10.6 Å². The highest BCUT2D eigenvalue weighted by Gasteiger charge is 2.46. The average Bonchev–Trinajstić information content (AvgIpc) is 3.05. The van der Waals surface area contributed by atoms with Crippen molar-refractivity contribution >= 4 is 17.7 Å². The van der Waals surface area contributed by atoms with Crippen LogP contribution in [0, 0.1) is 11.3 Å². The summed E-state index contributed by atoms with van der Waals surface area (Å²) in [5, 5.41) is 5.36. The second-order valence-corrected chi connectivity index (χ2v) is 5.41. The van der Waals surface area contributed by atoms with Gasteiger partial charge in [0.1, 0.15) is 5.41 Å². The molecule has 0 radical (unpaired) electrons. The summed E-state index contributed by atoms with van der Waals surface area (Å²) < 4.78 is 0. The van der Waals surface area contributed by atoms with Crippen LogP contribution < -0.4 is 16.4 Å². The Morgan fingerprint density at radius 2 is 2.21 bits per heavy atom. The van der Waals surface area contributed by atoms with Gasteiger partial charge in [-0.05, 0) is 18.8 Å². The fraction of sp³-hybridized carbons (Fsp3) is 0.615. The number of nitrogens with two attached hydrogens (primary N) is 1. The average molecular weight is 265 g/mol. The molecule has 4 N–H and O–H groups in total. The number of rotatable bonds is 4. The first-order valence-corrected chi connectivity index (χ1v) is 6.51. The van der Waals surface area contributed by atoms with Gasteiger partial charge in [0.25, 0.3) is 0 Å². The fourth-order valence-corrected chi connectivity index (χ4v) is 2.34. The Morgan fingerprint density at radius 1 is 1.58 bits per heavy atom. The molecule has 2 rings (SSSR count). The van der Waals surface area contributed by atoms with E-state index in [1.807, 2.05) is 0 Å². The van der Waals surface area contributed by atoms with Crippen LogP contribution in [-0.4, -0.2) is 23.8 Å². The molecule has 1 heterocycles. The number of carbonyl (C=O) groups excluding carboxylic acids is 3. The lowest BCUT2D eigenvalue weighted by atomic mass is 9.75. The normalized spacial score (nSPS) is 33.2. The topological polar surface area (TPSA) is 101 Å². The largest absolute Gasteiger partial charge is 0.369 e. The SMILES string of the molecule is CCC1(C(N)=O)CC(C(=O)N[C@@H]2C[C@H]2C)=CNC1=O. The monoisotopic (exact) mass is 265 g/mol. The van der Waals surface area contributed by atoms with E-state index in [0.717, 1.165) is 6.42 Å². The number of hydrogen-bond donors (Lipinski definition) is 3. The van der Waals surface area contributed by atoms with Crippen molar-refractivity contribution < 1.29 is 14.4 Å². The Labute approximate surface area is 111 Å². The molecule has 0 spiro atoms. The smallest absolute Gasteiger partial charge is 0.248 e.